The number of benzene rings is 2. The molecule has 5 rings (SSSR count). The lowest BCUT2D eigenvalue weighted by molar-refractivity contribution is 0.0996. The molecular weight excluding hydrogens is 411 g/mol. The second kappa shape index (κ2) is 8.27. The molecular formula is C23H21FN6O2. The lowest BCUT2D eigenvalue weighted by Crippen LogP contribution is -2.36. The third-order valence-electron chi connectivity index (χ3n) is 5.47. The first kappa shape index (κ1) is 20.0. The monoisotopic (exact) mass is 432 g/mol. The largest absolute Gasteiger partial charge is 0.378 e. The zero-order valence-corrected chi connectivity index (χ0v) is 17.2. The fourth-order valence-corrected chi connectivity index (χ4v) is 3.83. The number of aromatic nitrogens is 3. The van der Waals surface area contributed by atoms with Gasteiger partial charge in [0.25, 0.3) is 5.91 Å². The molecule has 0 unspecified atom stereocenters. The standard InChI is InChI=1S/C23H21FN6O2/c24-19-6-1-15(13-18(19)22(25)31)21-8-7-20(23-26-14-27-30(21)23)28-16-2-4-17(5-3-16)29-9-11-32-12-10-29/h1-8,13-14,28H,9-12H2,(H2,25,31). The van der Waals surface area contributed by atoms with Crippen LogP contribution in [0.15, 0.2) is 60.9 Å². The SMILES string of the molecule is NC(=O)c1cc(-c2ccc(Nc3ccc(N4CCOCC4)cc3)c3ncnn23)ccc1F. The smallest absolute Gasteiger partial charge is 0.251 e. The van der Waals surface area contributed by atoms with E-state index in [1.807, 2.05) is 24.3 Å². The van der Waals surface area contributed by atoms with E-state index in [1.165, 1.54) is 18.5 Å². The van der Waals surface area contributed by atoms with Crippen molar-refractivity contribution in [3.05, 3.63) is 72.3 Å². The Bertz CT molecular complexity index is 1280. The Morgan fingerprint density at radius 3 is 2.59 bits per heavy atom. The maximum absolute atomic E-state index is 13.9. The van der Waals surface area contributed by atoms with Crippen molar-refractivity contribution >= 4 is 28.6 Å². The van der Waals surface area contributed by atoms with Crippen LogP contribution in [-0.4, -0.2) is 46.8 Å². The van der Waals surface area contributed by atoms with Crippen molar-refractivity contribution in [2.45, 2.75) is 0 Å². The van der Waals surface area contributed by atoms with Gasteiger partial charge in [0.05, 0.1) is 30.2 Å². The van der Waals surface area contributed by atoms with E-state index in [4.69, 9.17) is 10.5 Å². The predicted molar refractivity (Wildman–Crippen MR) is 120 cm³/mol. The third-order valence-corrected chi connectivity index (χ3v) is 5.47. The molecule has 1 aliphatic heterocycles. The van der Waals surface area contributed by atoms with Crippen LogP contribution in [-0.2, 0) is 4.74 Å². The summed E-state index contributed by atoms with van der Waals surface area (Å²) in [6.45, 7) is 3.25. The zero-order chi connectivity index (χ0) is 22.1. The highest BCUT2D eigenvalue weighted by Gasteiger charge is 2.15. The fourth-order valence-electron chi connectivity index (χ4n) is 3.83. The molecule has 0 saturated carbocycles. The summed E-state index contributed by atoms with van der Waals surface area (Å²) in [6, 6.07) is 16.1. The van der Waals surface area contributed by atoms with Crippen molar-refractivity contribution in [1.29, 1.82) is 0 Å². The number of halogens is 1. The highest BCUT2D eigenvalue weighted by Crippen LogP contribution is 2.28. The average Bonchev–Trinajstić information content (AvgIpc) is 3.31. The summed E-state index contributed by atoms with van der Waals surface area (Å²) in [5.74, 6) is -1.48. The number of morpholine rings is 1. The van der Waals surface area contributed by atoms with Gasteiger partial charge in [-0.25, -0.2) is 13.9 Å². The van der Waals surface area contributed by atoms with Gasteiger partial charge in [-0.15, -0.1) is 0 Å². The van der Waals surface area contributed by atoms with Gasteiger partial charge in [-0.3, -0.25) is 4.79 Å². The van der Waals surface area contributed by atoms with Crippen LogP contribution in [0.3, 0.4) is 0 Å². The minimum atomic E-state index is -0.821. The molecule has 1 amide bonds. The molecule has 8 nitrogen and oxygen atoms in total. The van der Waals surface area contributed by atoms with Crippen molar-refractivity contribution < 1.29 is 13.9 Å². The number of nitrogens with two attached hydrogens (primary N) is 1. The first-order valence-electron chi connectivity index (χ1n) is 10.2. The number of rotatable bonds is 5. The van der Waals surface area contributed by atoms with Crippen LogP contribution >= 0.6 is 0 Å². The van der Waals surface area contributed by atoms with Crippen molar-refractivity contribution in [3.8, 4) is 11.3 Å². The van der Waals surface area contributed by atoms with Gasteiger partial charge in [0.15, 0.2) is 5.65 Å². The topological polar surface area (TPSA) is 97.8 Å². The van der Waals surface area contributed by atoms with Crippen molar-refractivity contribution in [1.82, 2.24) is 14.6 Å². The summed E-state index contributed by atoms with van der Waals surface area (Å²) in [5, 5.41) is 7.69. The number of amides is 1. The van der Waals surface area contributed by atoms with Crippen LogP contribution in [0.4, 0.5) is 21.5 Å². The average molecular weight is 432 g/mol. The molecule has 162 valence electrons. The van der Waals surface area contributed by atoms with Gasteiger partial charge in [0, 0.05) is 30.0 Å². The molecule has 1 fully saturated rings. The molecule has 2 aromatic heterocycles. The number of primary amides is 1. The van der Waals surface area contributed by atoms with Crippen molar-refractivity contribution in [2.75, 3.05) is 36.5 Å². The van der Waals surface area contributed by atoms with Gasteiger partial charge < -0.3 is 20.7 Å². The normalized spacial score (nSPS) is 14.0. The maximum Gasteiger partial charge on any atom is 0.251 e. The molecule has 0 bridgehead atoms. The summed E-state index contributed by atoms with van der Waals surface area (Å²) >= 11 is 0. The number of hydrogen-bond donors (Lipinski definition) is 2. The minimum absolute atomic E-state index is 0.168. The summed E-state index contributed by atoms with van der Waals surface area (Å²) in [7, 11) is 0. The Morgan fingerprint density at radius 2 is 1.84 bits per heavy atom. The Balaban J connectivity index is 1.44. The fraction of sp³-hybridized carbons (Fsp3) is 0.174. The minimum Gasteiger partial charge on any atom is -0.378 e. The van der Waals surface area contributed by atoms with E-state index in [1.54, 1.807) is 10.6 Å². The zero-order valence-electron chi connectivity index (χ0n) is 17.2. The highest BCUT2D eigenvalue weighted by molar-refractivity contribution is 5.94. The van der Waals surface area contributed by atoms with Crippen LogP contribution in [0.1, 0.15) is 10.4 Å². The first-order chi connectivity index (χ1) is 15.6. The van der Waals surface area contributed by atoms with Crippen LogP contribution in [0.2, 0.25) is 0 Å². The molecule has 0 atom stereocenters. The van der Waals surface area contributed by atoms with Gasteiger partial charge in [-0.05, 0) is 54.6 Å². The van der Waals surface area contributed by atoms with Gasteiger partial charge in [0.2, 0.25) is 0 Å². The Labute approximate surface area is 183 Å². The molecule has 3 N–H and O–H groups in total. The van der Waals surface area contributed by atoms with Crippen LogP contribution in [0.5, 0.6) is 0 Å². The van der Waals surface area contributed by atoms with E-state index in [2.05, 4.69) is 32.4 Å². The van der Waals surface area contributed by atoms with E-state index >= 15 is 0 Å². The molecule has 3 heterocycles. The Kier molecular flexibility index (Phi) is 5.16. The van der Waals surface area contributed by atoms with E-state index in [-0.39, 0.29) is 5.56 Å². The van der Waals surface area contributed by atoms with Crippen molar-refractivity contribution in [2.24, 2.45) is 5.73 Å². The Morgan fingerprint density at radius 1 is 1.06 bits per heavy atom. The molecule has 0 spiro atoms. The number of nitrogens with zero attached hydrogens (tertiary/aromatic N) is 4. The molecule has 1 aliphatic rings. The maximum atomic E-state index is 13.9. The number of pyridine rings is 1. The number of anilines is 3. The second-order valence-electron chi connectivity index (χ2n) is 7.46. The predicted octanol–water partition coefficient (Wildman–Crippen LogP) is 3.21. The number of carbonyl (C=O) groups excluding carboxylic acids is 1. The molecule has 2 aromatic carbocycles. The molecule has 0 aliphatic carbocycles. The van der Waals surface area contributed by atoms with E-state index < -0.39 is 11.7 Å². The summed E-state index contributed by atoms with van der Waals surface area (Å²) in [6.07, 6.45) is 1.45. The summed E-state index contributed by atoms with van der Waals surface area (Å²) in [5.41, 5.74) is 9.83. The number of nitrogens with one attached hydrogen (secondary N) is 1. The number of ether oxygens (including phenoxy) is 1. The summed E-state index contributed by atoms with van der Waals surface area (Å²) < 4.78 is 20.9. The van der Waals surface area contributed by atoms with Crippen LogP contribution in [0, 0.1) is 5.82 Å². The van der Waals surface area contributed by atoms with Crippen molar-refractivity contribution in [3.63, 3.8) is 0 Å². The van der Waals surface area contributed by atoms with E-state index in [0.29, 0.717) is 16.9 Å². The lowest BCUT2D eigenvalue weighted by atomic mass is 10.1. The van der Waals surface area contributed by atoms with Gasteiger partial charge in [-0.2, -0.15) is 5.10 Å². The lowest BCUT2D eigenvalue weighted by Gasteiger charge is -2.28. The number of fused-ring (bicyclic) bond motifs is 1. The molecule has 32 heavy (non-hydrogen) atoms. The molecule has 9 heteroatoms. The quantitative estimate of drug-likeness (QED) is 0.503. The van der Waals surface area contributed by atoms with E-state index in [9.17, 15) is 9.18 Å². The third kappa shape index (κ3) is 3.74. The highest BCUT2D eigenvalue weighted by atomic mass is 19.1. The number of hydrogen-bond acceptors (Lipinski definition) is 6. The molecule has 1 saturated heterocycles. The molecule has 0 radical (unpaired) electrons. The Hall–Kier alpha value is -3.98. The van der Waals surface area contributed by atoms with Gasteiger partial charge >= 0.3 is 0 Å². The number of carbonyl (C=O) groups is 1. The first-order valence-corrected chi connectivity index (χ1v) is 10.2. The summed E-state index contributed by atoms with van der Waals surface area (Å²) in [4.78, 5) is 18.2. The van der Waals surface area contributed by atoms with E-state index in [0.717, 1.165) is 43.4 Å². The second-order valence-corrected chi connectivity index (χ2v) is 7.46. The van der Waals surface area contributed by atoms with Crippen LogP contribution in [0.25, 0.3) is 16.9 Å². The molecule has 4 aromatic rings. The van der Waals surface area contributed by atoms with Gasteiger partial charge in [0.1, 0.15) is 12.1 Å². The van der Waals surface area contributed by atoms with Crippen LogP contribution < -0.4 is 16.0 Å². The van der Waals surface area contributed by atoms with Gasteiger partial charge in [-0.1, -0.05) is 0 Å².